The van der Waals surface area contributed by atoms with Gasteiger partial charge in [0, 0.05) is 27.2 Å². The van der Waals surface area contributed by atoms with E-state index < -0.39 is 5.56 Å². The number of hydrogen-bond donors (Lipinski definition) is 0. The molecule has 2 fully saturated rings. The van der Waals surface area contributed by atoms with E-state index in [0.717, 1.165) is 17.7 Å². The Morgan fingerprint density at radius 3 is 2.20 bits per heavy atom. The molecule has 0 bridgehead atoms. The third-order valence-corrected chi connectivity index (χ3v) is 5.17. The van der Waals surface area contributed by atoms with Gasteiger partial charge in [0.05, 0.1) is 0 Å². The molecule has 1 aromatic rings. The van der Waals surface area contributed by atoms with Crippen molar-refractivity contribution in [3.05, 3.63) is 26.4 Å². The maximum Gasteiger partial charge on any atom is 0.332 e. The fourth-order valence-corrected chi connectivity index (χ4v) is 3.61. The van der Waals surface area contributed by atoms with Crippen molar-refractivity contribution < 1.29 is 0 Å². The highest BCUT2D eigenvalue weighted by atomic mass is 16.2. The molecule has 1 saturated carbocycles. The molecule has 6 heteroatoms. The van der Waals surface area contributed by atoms with Crippen molar-refractivity contribution in [2.75, 3.05) is 18.0 Å². The van der Waals surface area contributed by atoms with E-state index in [1.54, 1.807) is 7.05 Å². The highest BCUT2D eigenvalue weighted by Gasteiger charge is 2.62. The van der Waals surface area contributed by atoms with Crippen LogP contribution in [-0.2, 0) is 14.1 Å². The Morgan fingerprint density at radius 2 is 1.70 bits per heavy atom. The summed E-state index contributed by atoms with van der Waals surface area (Å²) >= 11 is 0. The smallest absolute Gasteiger partial charge is 0.332 e. The number of rotatable bonds is 1. The molecule has 20 heavy (non-hydrogen) atoms. The molecule has 1 aliphatic carbocycles. The average molecular weight is 274 g/mol. The van der Waals surface area contributed by atoms with E-state index in [4.69, 9.17) is 0 Å². The molecule has 1 aromatic heterocycles. The number of nitriles is 1. The molecular formula is C14H18N4O2. The molecule has 0 radical (unpaired) electrons. The maximum absolute atomic E-state index is 12.1. The van der Waals surface area contributed by atoms with Crippen LogP contribution in [0.3, 0.4) is 0 Å². The van der Waals surface area contributed by atoms with Crippen LogP contribution < -0.4 is 16.1 Å². The maximum atomic E-state index is 12.1. The van der Waals surface area contributed by atoms with Crippen LogP contribution in [0.5, 0.6) is 0 Å². The number of aromatic nitrogens is 2. The minimum absolute atomic E-state index is 0.0636. The molecule has 106 valence electrons. The lowest BCUT2D eigenvalue weighted by Gasteiger charge is -2.26. The normalized spacial score (nSPS) is 26.2. The quantitative estimate of drug-likeness (QED) is 0.725. The third-order valence-electron chi connectivity index (χ3n) is 5.17. The lowest BCUT2D eigenvalue weighted by Crippen LogP contribution is -2.43. The molecule has 0 aromatic carbocycles. The fourth-order valence-electron chi connectivity index (χ4n) is 3.61. The first-order valence-electron chi connectivity index (χ1n) is 6.75. The van der Waals surface area contributed by atoms with Crippen molar-refractivity contribution in [1.82, 2.24) is 9.13 Å². The van der Waals surface area contributed by atoms with E-state index in [1.165, 1.54) is 11.6 Å². The summed E-state index contributed by atoms with van der Waals surface area (Å²) in [6.07, 6.45) is 0. The molecule has 1 aliphatic heterocycles. The second-order valence-electron chi connectivity index (χ2n) is 6.46. The van der Waals surface area contributed by atoms with E-state index in [0.29, 0.717) is 23.1 Å². The van der Waals surface area contributed by atoms with Gasteiger partial charge in [-0.2, -0.15) is 5.26 Å². The number of fused-ring (bicyclic) bond motifs is 1. The Hall–Kier alpha value is -2.03. The van der Waals surface area contributed by atoms with Gasteiger partial charge in [0.25, 0.3) is 5.56 Å². The lowest BCUT2D eigenvalue weighted by molar-refractivity contribution is 0.493. The van der Waals surface area contributed by atoms with Gasteiger partial charge in [-0.25, -0.2) is 4.79 Å². The van der Waals surface area contributed by atoms with Gasteiger partial charge in [-0.15, -0.1) is 0 Å². The van der Waals surface area contributed by atoms with E-state index >= 15 is 0 Å². The van der Waals surface area contributed by atoms with E-state index in [-0.39, 0.29) is 11.3 Å². The van der Waals surface area contributed by atoms with E-state index in [2.05, 4.69) is 13.8 Å². The zero-order valence-corrected chi connectivity index (χ0v) is 12.2. The Labute approximate surface area is 116 Å². The zero-order valence-electron chi connectivity index (χ0n) is 12.2. The number of piperidine rings is 1. The van der Waals surface area contributed by atoms with Crippen molar-refractivity contribution in [3.8, 4) is 6.07 Å². The molecule has 0 N–H and O–H groups in total. The molecule has 2 aliphatic rings. The lowest BCUT2D eigenvalue weighted by atomic mass is 10.1. The van der Waals surface area contributed by atoms with Crippen molar-refractivity contribution >= 4 is 5.82 Å². The standard InChI is InChI=1S/C14H18N4O2/c1-14(2)9-6-18(7-10(9)14)11-8(5-15)12(19)17(4)13(20)16(11)3/h9-10H,6-7H2,1-4H3/t9-,10+. The summed E-state index contributed by atoms with van der Waals surface area (Å²) in [6, 6.07) is 1.97. The van der Waals surface area contributed by atoms with Gasteiger partial charge >= 0.3 is 5.69 Å². The van der Waals surface area contributed by atoms with Gasteiger partial charge in [-0.1, -0.05) is 13.8 Å². The van der Waals surface area contributed by atoms with Crippen LogP contribution in [0.1, 0.15) is 19.4 Å². The van der Waals surface area contributed by atoms with Crippen LogP contribution >= 0.6 is 0 Å². The van der Waals surface area contributed by atoms with Crippen molar-refractivity contribution in [1.29, 1.82) is 5.26 Å². The summed E-state index contributed by atoms with van der Waals surface area (Å²) in [5.41, 5.74) is -0.481. The van der Waals surface area contributed by atoms with Gasteiger partial charge < -0.3 is 4.90 Å². The Balaban J connectivity index is 2.11. The minimum Gasteiger partial charge on any atom is -0.356 e. The summed E-state index contributed by atoms with van der Waals surface area (Å²) < 4.78 is 2.40. The highest BCUT2D eigenvalue weighted by Crippen LogP contribution is 2.62. The van der Waals surface area contributed by atoms with Crippen molar-refractivity contribution in [3.63, 3.8) is 0 Å². The molecule has 6 nitrogen and oxygen atoms in total. The predicted molar refractivity (Wildman–Crippen MR) is 74.6 cm³/mol. The number of anilines is 1. The summed E-state index contributed by atoms with van der Waals surface area (Å²) in [6.45, 7) is 6.11. The van der Waals surface area contributed by atoms with Crippen molar-refractivity contribution in [2.24, 2.45) is 31.3 Å². The van der Waals surface area contributed by atoms with Crippen LogP contribution in [-0.4, -0.2) is 22.2 Å². The highest BCUT2D eigenvalue weighted by molar-refractivity contribution is 5.55. The second-order valence-corrected chi connectivity index (χ2v) is 6.46. The molecule has 0 unspecified atom stereocenters. The topological polar surface area (TPSA) is 71.0 Å². The van der Waals surface area contributed by atoms with Crippen molar-refractivity contribution in [2.45, 2.75) is 13.8 Å². The van der Waals surface area contributed by atoms with Crippen LogP contribution in [0.25, 0.3) is 0 Å². The van der Waals surface area contributed by atoms with Gasteiger partial charge in [-0.05, 0) is 17.3 Å². The minimum atomic E-state index is -0.509. The fraction of sp³-hybridized carbons (Fsp3) is 0.643. The molecule has 3 rings (SSSR count). The summed E-state index contributed by atoms with van der Waals surface area (Å²) in [7, 11) is 3.02. The SMILES string of the molecule is Cn1c(N2C[C@@H]3[C@H](C2)C3(C)C)c(C#N)c(=O)n(C)c1=O. The zero-order chi connectivity index (χ0) is 14.8. The Bertz CT molecular complexity index is 736. The Kier molecular flexibility index (Phi) is 2.43. The second kappa shape index (κ2) is 3.75. The summed E-state index contributed by atoms with van der Waals surface area (Å²) in [4.78, 5) is 26.1. The van der Waals surface area contributed by atoms with Gasteiger partial charge in [0.2, 0.25) is 0 Å². The first-order valence-corrected chi connectivity index (χ1v) is 6.75. The molecule has 1 saturated heterocycles. The molecular weight excluding hydrogens is 256 g/mol. The summed E-state index contributed by atoms with van der Waals surface area (Å²) in [5.74, 6) is 1.66. The Morgan fingerprint density at radius 1 is 1.15 bits per heavy atom. The average Bonchev–Trinajstić information content (AvgIpc) is 2.81. The first-order chi connectivity index (χ1) is 9.30. The third kappa shape index (κ3) is 1.43. The number of nitrogens with zero attached hydrogens (tertiary/aromatic N) is 4. The van der Waals surface area contributed by atoms with Gasteiger partial charge in [0.15, 0.2) is 5.56 Å². The predicted octanol–water partition coefficient (Wildman–Crippen LogP) is 0.0479. The van der Waals surface area contributed by atoms with Crippen LogP contribution in [0, 0.1) is 28.6 Å². The molecule has 0 spiro atoms. The van der Waals surface area contributed by atoms with Crippen LogP contribution in [0.15, 0.2) is 9.59 Å². The number of hydrogen-bond acceptors (Lipinski definition) is 4. The molecule has 2 heterocycles. The van der Waals surface area contributed by atoms with Gasteiger partial charge in [0.1, 0.15) is 11.9 Å². The largest absolute Gasteiger partial charge is 0.356 e. The monoisotopic (exact) mass is 274 g/mol. The molecule has 0 amide bonds. The van der Waals surface area contributed by atoms with Crippen LogP contribution in [0.2, 0.25) is 0 Å². The van der Waals surface area contributed by atoms with Gasteiger partial charge in [-0.3, -0.25) is 13.9 Å². The molecule has 2 atom stereocenters. The van der Waals surface area contributed by atoms with E-state index in [9.17, 15) is 14.9 Å². The summed E-state index contributed by atoms with van der Waals surface area (Å²) in [5, 5.41) is 9.27. The first kappa shape index (κ1) is 13.0. The van der Waals surface area contributed by atoms with Crippen LogP contribution in [0.4, 0.5) is 5.82 Å². The van der Waals surface area contributed by atoms with E-state index in [1.807, 2.05) is 11.0 Å².